The highest BCUT2D eigenvalue weighted by atomic mass is 16.4. The Morgan fingerprint density at radius 2 is 2.23 bits per heavy atom. The van der Waals surface area contributed by atoms with Crippen molar-refractivity contribution in [1.82, 2.24) is 20.2 Å². The highest BCUT2D eigenvalue weighted by Gasteiger charge is 2.31. The summed E-state index contributed by atoms with van der Waals surface area (Å²) >= 11 is 0. The van der Waals surface area contributed by atoms with Crippen LogP contribution in [-0.4, -0.2) is 43.8 Å². The number of terminal acetylenes is 1. The van der Waals surface area contributed by atoms with Crippen LogP contribution in [0.1, 0.15) is 49.3 Å². The van der Waals surface area contributed by atoms with Gasteiger partial charge in [0.1, 0.15) is 6.04 Å². The van der Waals surface area contributed by atoms with Crippen LogP contribution in [0.25, 0.3) is 0 Å². The number of rotatable bonds is 5. The maximum atomic E-state index is 11.6. The molecule has 1 aliphatic carbocycles. The Kier molecular flexibility index (Phi) is 4.21. The number of carboxylic acids is 1. The van der Waals surface area contributed by atoms with Crippen molar-refractivity contribution >= 4 is 23.6 Å². The fourth-order valence-corrected chi connectivity index (χ4v) is 3.26. The van der Waals surface area contributed by atoms with Gasteiger partial charge in [0, 0.05) is 24.2 Å². The van der Waals surface area contributed by atoms with E-state index in [4.69, 9.17) is 6.42 Å². The molecule has 0 amide bonds. The average Bonchev–Trinajstić information content (AvgIpc) is 3.41. The standard InChI is InChI=1S/C18H20N6O2/c1-2-11-10-19-18(24-8-4-3-5-14(24)17(25)26)21-16(11)20-15-9-13(22-23-15)12-6-7-12/h1,9-10,12,14H,3-8H2,(H,25,26)(H2,19,20,21,22,23). The number of aliphatic carboxylic acids is 1. The van der Waals surface area contributed by atoms with Gasteiger partial charge in [0.15, 0.2) is 11.6 Å². The van der Waals surface area contributed by atoms with Crippen LogP contribution >= 0.6 is 0 Å². The van der Waals surface area contributed by atoms with Crippen LogP contribution in [0, 0.1) is 12.3 Å². The predicted molar refractivity (Wildman–Crippen MR) is 96.4 cm³/mol. The molecule has 0 radical (unpaired) electrons. The fourth-order valence-electron chi connectivity index (χ4n) is 3.26. The first-order valence-corrected chi connectivity index (χ1v) is 8.81. The summed E-state index contributed by atoms with van der Waals surface area (Å²) in [5, 5.41) is 19.9. The second-order valence-electron chi connectivity index (χ2n) is 6.73. The molecule has 2 aromatic rings. The molecule has 3 N–H and O–H groups in total. The zero-order valence-corrected chi connectivity index (χ0v) is 14.3. The Morgan fingerprint density at radius 3 is 2.96 bits per heavy atom. The first-order chi connectivity index (χ1) is 12.7. The number of aromatic nitrogens is 4. The minimum Gasteiger partial charge on any atom is -0.480 e. The molecule has 4 rings (SSSR count). The van der Waals surface area contributed by atoms with E-state index in [9.17, 15) is 9.90 Å². The zero-order chi connectivity index (χ0) is 18.1. The molecule has 1 saturated carbocycles. The van der Waals surface area contributed by atoms with Crippen molar-refractivity contribution in [2.24, 2.45) is 0 Å². The lowest BCUT2D eigenvalue weighted by Gasteiger charge is -2.33. The quantitative estimate of drug-likeness (QED) is 0.708. The number of hydrogen-bond donors (Lipinski definition) is 3. The number of carboxylic acid groups (broad SMARTS) is 1. The molecule has 1 atom stereocenters. The van der Waals surface area contributed by atoms with Crippen LogP contribution in [0.15, 0.2) is 12.3 Å². The molecule has 1 saturated heterocycles. The maximum absolute atomic E-state index is 11.6. The molecule has 2 fully saturated rings. The maximum Gasteiger partial charge on any atom is 0.326 e. The Morgan fingerprint density at radius 1 is 1.38 bits per heavy atom. The zero-order valence-electron chi connectivity index (χ0n) is 14.3. The van der Waals surface area contributed by atoms with E-state index in [0.717, 1.165) is 18.5 Å². The third-order valence-corrected chi connectivity index (χ3v) is 4.84. The van der Waals surface area contributed by atoms with Crippen LogP contribution in [0.3, 0.4) is 0 Å². The molecule has 134 valence electrons. The number of aromatic amines is 1. The summed E-state index contributed by atoms with van der Waals surface area (Å²) in [7, 11) is 0. The van der Waals surface area contributed by atoms with E-state index in [-0.39, 0.29) is 0 Å². The minimum atomic E-state index is -0.856. The van der Waals surface area contributed by atoms with Gasteiger partial charge < -0.3 is 15.3 Å². The van der Waals surface area contributed by atoms with Crippen molar-refractivity contribution in [3.05, 3.63) is 23.5 Å². The lowest BCUT2D eigenvalue weighted by molar-refractivity contribution is -0.139. The molecular weight excluding hydrogens is 332 g/mol. The smallest absolute Gasteiger partial charge is 0.326 e. The third-order valence-electron chi connectivity index (χ3n) is 4.84. The van der Waals surface area contributed by atoms with Crippen LogP contribution < -0.4 is 10.2 Å². The van der Waals surface area contributed by atoms with Crippen LogP contribution in [-0.2, 0) is 4.79 Å². The molecular formula is C18H20N6O2. The largest absolute Gasteiger partial charge is 0.480 e. The Hall–Kier alpha value is -3.08. The van der Waals surface area contributed by atoms with Gasteiger partial charge in [0.2, 0.25) is 5.95 Å². The number of nitrogens with zero attached hydrogens (tertiary/aromatic N) is 4. The molecule has 8 nitrogen and oxygen atoms in total. The first-order valence-electron chi connectivity index (χ1n) is 8.81. The third kappa shape index (κ3) is 3.20. The minimum absolute atomic E-state index is 0.372. The van der Waals surface area contributed by atoms with Crippen molar-refractivity contribution in [3.8, 4) is 12.3 Å². The van der Waals surface area contributed by atoms with Gasteiger partial charge in [-0.1, -0.05) is 5.92 Å². The Bertz CT molecular complexity index is 867. The summed E-state index contributed by atoms with van der Waals surface area (Å²) < 4.78 is 0. The van der Waals surface area contributed by atoms with Crippen molar-refractivity contribution in [3.63, 3.8) is 0 Å². The number of anilines is 3. The summed E-state index contributed by atoms with van der Waals surface area (Å²) in [6.45, 7) is 0.611. The van der Waals surface area contributed by atoms with E-state index in [1.807, 2.05) is 6.07 Å². The summed E-state index contributed by atoms with van der Waals surface area (Å²) in [6.07, 6.45) is 11.9. The molecule has 2 aliphatic rings. The van der Waals surface area contributed by atoms with Gasteiger partial charge in [-0.25, -0.2) is 9.78 Å². The molecule has 8 heteroatoms. The monoisotopic (exact) mass is 352 g/mol. The normalized spacial score (nSPS) is 19.8. The summed E-state index contributed by atoms with van der Waals surface area (Å²) in [4.78, 5) is 22.1. The number of piperidine rings is 1. The summed E-state index contributed by atoms with van der Waals surface area (Å²) in [5.41, 5.74) is 1.61. The topological polar surface area (TPSA) is 107 Å². The number of H-pyrrole nitrogens is 1. The highest BCUT2D eigenvalue weighted by molar-refractivity contribution is 5.77. The predicted octanol–water partition coefficient (Wildman–Crippen LogP) is 2.25. The molecule has 1 unspecified atom stereocenters. The SMILES string of the molecule is C#Cc1cnc(N2CCCCC2C(=O)O)nc1Nc1cc(C2CC2)[nH]n1. The molecule has 26 heavy (non-hydrogen) atoms. The number of carbonyl (C=O) groups is 1. The summed E-state index contributed by atoms with van der Waals surface area (Å²) in [5.74, 6) is 3.74. The van der Waals surface area contributed by atoms with Gasteiger partial charge in [-0.15, -0.1) is 6.42 Å². The van der Waals surface area contributed by atoms with Gasteiger partial charge in [-0.2, -0.15) is 10.1 Å². The van der Waals surface area contributed by atoms with Crippen LogP contribution in [0.4, 0.5) is 17.6 Å². The Labute approximate surface area is 151 Å². The molecule has 0 bridgehead atoms. The Balaban J connectivity index is 1.61. The number of hydrogen-bond acceptors (Lipinski definition) is 6. The van der Waals surface area contributed by atoms with Crippen molar-refractivity contribution in [1.29, 1.82) is 0 Å². The molecule has 0 spiro atoms. The van der Waals surface area contributed by atoms with Gasteiger partial charge >= 0.3 is 5.97 Å². The van der Waals surface area contributed by atoms with Crippen molar-refractivity contribution in [2.75, 3.05) is 16.8 Å². The molecule has 3 heterocycles. The second-order valence-corrected chi connectivity index (χ2v) is 6.73. The molecule has 2 aromatic heterocycles. The van der Waals surface area contributed by atoms with E-state index in [1.54, 1.807) is 11.1 Å². The average molecular weight is 352 g/mol. The van der Waals surface area contributed by atoms with Gasteiger partial charge in [0.25, 0.3) is 0 Å². The lowest BCUT2D eigenvalue weighted by atomic mass is 10.0. The van der Waals surface area contributed by atoms with Gasteiger partial charge in [0.05, 0.1) is 11.8 Å². The van der Waals surface area contributed by atoms with Crippen molar-refractivity contribution in [2.45, 2.75) is 44.1 Å². The second kappa shape index (κ2) is 6.67. The van der Waals surface area contributed by atoms with Crippen LogP contribution in [0.5, 0.6) is 0 Å². The molecule has 1 aliphatic heterocycles. The first kappa shape index (κ1) is 16.4. The van der Waals surface area contributed by atoms with E-state index in [1.165, 1.54) is 12.8 Å². The van der Waals surface area contributed by atoms with E-state index < -0.39 is 12.0 Å². The fraction of sp³-hybridized carbons (Fsp3) is 0.444. The van der Waals surface area contributed by atoms with E-state index in [0.29, 0.717) is 42.0 Å². The number of nitrogens with one attached hydrogen (secondary N) is 2. The lowest BCUT2D eigenvalue weighted by Crippen LogP contribution is -2.45. The summed E-state index contributed by atoms with van der Waals surface area (Å²) in [6, 6.07) is 1.35. The highest BCUT2D eigenvalue weighted by Crippen LogP contribution is 2.39. The molecule has 0 aromatic carbocycles. The van der Waals surface area contributed by atoms with E-state index in [2.05, 4.69) is 31.4 Å². The van der Waals surface area contributed by atoms with Crippen molar-refractivity contribution < 1.29 is 9.90 Å². The van der Waals surface area contributed by atoms with Crippen LogP contribution in [0.2, 0.25) is 0 Å². The van der Waals surface area contributed by atoms with Gasteiger partial charge in [-0.3, -0.25) is 5.10 Å². The van der Waals surface area contributed by atoms with Gasteiger partial charge in [-0.05, 0) is 32.1 Å². The van der Waals surface area contributed by atoms with E-state index >= 15 is 0 Å².